The Morgan fingerprint density at radius 3 is 2.33 bits per heavy atom. The molecule has 0 fully saturated rings. The molecule has 0 bridgehead atoms. The Morgan fingerprint density at radius 1 is 1.20 bits per heavy atom. The van der Waals surface area contributed by atoms with Crippen molar-refractivity contribution >= 4 is 48.9 Å². The molecule has 0 saturated carbocycles. The molecule has 40 heavy (non-hydrogen) atoms. The van der Waals surface area contributed by atoms with Crippen molar-refractivity contribution < 1.29 is 35.9 Å². The third-order valence-corrected chi connectivity index (χ3v) is 11.1. The van der Waals surface area contributed by atoms with Crippen LogP contribution in [0.4, 0.5) is 5.69 Å². The first-order valence-corrected chi connectivity index (χ1v) is 16.4. The highest BCUT2D eigenvalue weighted by molar-refractivity contribution is 7.95. The number of ether oxygens (including phenoxy) is 1. The van der Waals surface area contributed by atoms with Gasteiger partial charge in [-0.25, -0.2) is 13.2 Å². The number of hydrogen-bond donors (Lipinski definition) is 3. The van der Waals surface area contributed by atoms with Crippen LogP contribution >= 0.6 is 11.3 Å². The molecule has 2 aromatic heterocycles. The third-order valence-electron chi connectivity index (χ3n) is 6.15. The van der Waals surface area contributed by atoms with Gasteiger partial charge in [0.15, 0.2) is 15.8 Å². The van der Waals surface area contributed by atoms with Crippen LogP contribution in [0.15, 0.2) is 35.8 Å². The summed E-state index contributed by atoms with van der Waals surface area (Å²) in [7, 11) is -8.55. The van der Waals surface area contributed by atoms with E-state index in [2.05, 4.69) is 15.0 Å². The number of anilines is 1. The summed E-state index contributed by atoms with van der Waals surface area (Å²) in [6.07, 6.45) is 0. The van der Waals surface area contributed by atoms with E-state index in [1.807, 2.05) is 20.8 Å². The van der Waals surface area contributed by atoms with Crippen molar-refractivity contribution in [3.63, 3.8) is 0 Å². The van der Waals surface area contributed by atoms with Crippen molar-refractivity contribution in [1.29, 1.82) is 0 Å². The standard InChI is InChI=1S/C25H36N4O8S3/c1-9-29(10-2)40(34,35)24-19(30)17(15(5)38-24)27-22-18(20(23(31)36-11-3)39(32,33)28-22)26-21(25(6,7)8)16-13-12-14(4)37-16/h12-13,21,26,30H,9-11H2,1-8H3,(H,27,28)/t21-/m0/s1. The largest absolute Gasteiger partial charge is 0.504 e. The molecular formula is C25H36N4O8S3. The summed E-state index contributed by atoms with van der Waals surface area (Å²) in [5.74, 6) is -0.857. The van der Waals surface area contributed by atoms with Gasteiger partial charge in [-0.15, -0.1) is 15.7 Å². The maximum absolute atomic E-state index is 13.2. The fourth-order valence-corrected chi connectivity index (χ4v) is 8.42. The first-order chi connectivity index (χ1) is 18.5. The molecule has 222 valence electrons. The van der Waals surface area contributed by atoms with Gasteiger partial charge in [-0.3, -0.25) is 0 Å². The van der Waals surface area contributed by atoms with Crippen LogP contribution in [-0.2, 0) is 29.6 Å². The molecule has 3 heterocycles. The van der Waals surface area contributed by atoms with Gasteiger partial charge in [0.1, 0.15) is 17.2 Å². The number of esters is 1. The second-order valence-electron chi connectivity index (χ2n) is 10.1. The summed E-state index contributed by atoms with van der Waals surface area (Å²) in [5, 5.41) is 16.9. The zero-order valence-electron chi connectivity index (χ0n) is 23.8. The second-order valence-corrected chi connectivity index (χ2v) is 15.0. The fourth-order valence-electron chi connectivity index (χ4n) is 4.17. The summed E-state index contributed by atoms with van der Waals surface area (Å²) in [6, 6.07) is 2.88. The lowest BCUT2D eigenvalue weighted by molar-refractivity contribution is -0.137. The first-order valence-electron chi connectivity index (χ1n) is 12.7. The van der Waals surface area contributed by atoms with Crippen LogP contribution in [0, 0.1) is 19.3 Å². The molecule has 0 unspecified atom stereocenters. The lowest BCUT2D eigenvalue weighted by Gasteiger charge is -2.31. The van der Waals surface area contributed by atoms with Gasteiger partial charge in [-0.1, -0.05) is 34.6 Å². The molecule has 0 aromatic carbocycles. The number of rotatable bonds is 10. The van der Waals surface area contributed by atoms with Gasteiger partial charge >= 0.3 is 5.97 Å². The lowest BCUT2D eigenvalue weighted by Crippen LogP contribution is -2.36. The molecule has 3 N–H and O–H groups in total. The predicted molar refractivity (Wildman–Crippen MR) is 153 cm³/mol. The summed E-state index contributed by atoms with van der Waals surface area (Å²) >= 11 is 0.835. The number of nitrogens with one attached hydrogen (secondary N) is 2. The van der Waals surface area contributed by atoms with Crippen molar-refractivity contribution in [3.05, 3.63) is 39.1 Å². The lowest BCUT2D eigenvalue weighted by atomic mass is 9.85. The Hall–Kier alpha value is -2.88. The van der Waals surface area contributed by atoms with Crippen molar-refractivity contribution in [1.82, 2.24) is 9.62 Å². The van der Waals surface area contributed by atoms with E-state index in [0.29, 0.717) is 16.4 Å². The van der Waals surface area contributed by atoms with Crippen LogP contribution in [0.5, 0.6) is 5.75 Å². The maximum Gasteiger partial charge on any atom is 0.354 e. The molecule has 0 amide bonds. The quantitative estimate of drug-likeness (QED) is 0.332. The first kappa shape index (κ1) is 31.6. The SMILES string of the molecule is CCOC(=O)C1=C(N[C@@H](c2ccc(C)o2)C(C)(C)C)C(Nc2c(C)sc(S(=O)(=O)N(CC)CC)c2O)=NS1(=O)=O. The zero-order valence-corrected chi connectivity index (χ0v) is 26.2. The summed E-state index contributed by atoms with van der Waals surface area (Å²) in [4.78, 5) is 12.5. The molecule has 3 rings (SSSR count). The van der Waals surface area contributed by atoms with Crippen LogP contribution in [0.1, 0.15) is 64.0 Å². The molecule has 0 spiro atoms. The van der Waals surface area contributed by atoms with Crippen LogP contribution in [-0.4, -0.2) is 57.7 Å². The molecule has 0 aliphatic carbocycles. The molecule has 2 aromatic rings. The summed E-state index contributed by atoms with van der Waals surface area (Å²) in [6.45, 7) is 14.3. The number of thiophene rings is 1. The highest BCUT2D eigenvalue weighted by atomic mass is 32.2. The van der Waals surface area contributed by atoms with Crippen molar-refractivity contribution in [2.24, 2.45) is 9.81 Å². The molecule has 0 saturated heterocycles. The monoisotopic (exact) mass is 616 g/mol. The number of aryl methyl sites for hydroxylation is 2. The van der Waals surface area contributed by atoms with E-state index in [4.69, 9.17) is 9.15 Å². The molecule has 1 aliphatic heterocycles. The van der Waals surface area contributed by atoms with Crippen LogP contribution in [0.25, 0.3) is 0 Å². The van der Waals surface area contributed by atoms with E-state index in [0.717, 1.165) is 11.3 Å². The Balaban J connectivity index is 2.17. The molecule has 12 nitrogen and oxygen atoms in total. The van der Waals surface area contributed by atoms with Gasteiger partial charge < -0.3 is 24.9 Å². The van der Waals surface area contributed by atoms with Crippen molar-refractivity contribution in [2.75, 3.05) is 25.0 Å². The van der Waals surface area contributed by atoms with E-state index in [-0.39, 0.29) is 41.1 Å². The van der Waals surface area contributed by atoms with Crippen LogP contribution < -0.4 is 10.6 Å². The van der Waals surface area contributed by atoms with Gasteiger partial charge in [0.25, 0.3) is 20.0 Å². The molecule has 1 aliphatic rings. The number of amidine groups is 1. The van der Waals surface area contributed by atoms with Crippen molar-refractivity contribution in [3.8, 4) is 5.75 Å². The Kier molecular flexibility index (Phi) is 9.13. The number of aromatic hydroxyl groups is 1. The average molecular weight is 617 g/mol. The smallest absolute Gasteiger partial charge is 0.354 e. The van der Waals surface area contributed by atoms with Gasteiger partial charge in [0.2, 0.25) is 4.91 Å². The Morgan fingerprint density at radius 2 is 1.82 bits per heavy atom. The maximum atomic E-state index is 13.2. The summed E-state index contributed by atoms with van der Waals surface area (Å²) in [5.41, 5.74) is -0.777. The molecule has 0 radical (unpaired) electrons. The number of sulfonamides is 2. The topological polar surface area (TPSA) is 168 Å². The molecular weight excluding hydrogens is 580 g/mol. The van der Waals surface area contributed by atoms with Crippen LogP contribution in [0.2, 0.25) is 0 Å². The van der Waals surface area contributed by atoms with Gasteiger partial charge in [0, 0.05) is 18.0 Å². The van der Waals surface area contributed by atoms with Gasteiger partial charge in [-0.2, -0.15) is 12.7 Å². The van der Waals surface area contributed by atoms with E-state index in [1.54, 1.807) is 46.8 Å². The third kappa shape index (κ3) is 6.06. The number of carbonyl (C=O) groups is 1. The normalized spacial score (nSPS) is 16.3. The number of nitrogens with zero attached hydrogens (tertiary/aromatic N) is 2. The number of carbonyl (C=O) groups excluding carboxylic acids is 1. The number of hydrogen-bond acceptors (Lipinski definition) is 11. The fraction of sp³-hybridized carbons (Fsp3) is 0.520. The van der Waals surface area contributed by atoms with E-state index in [1.165, 1.54) is 4.31 Å². The molecule has 1 atom stereocenters. The van der Waals surface area contributed by atoms with E-state index in [9.17, 15) is 26.7 Å². The number of furan rings is 1. The highest BCUT2D eigenvalue weighted by Crippen LogP contribution is 2.44. The van der Waals surface area contributed by atoms with Crippen LogP contribution in [0.3, 0.4) is 0 Å². The predicted octanol–water partition coefficient (Wildman–Crippen LogP) is 4.00. The minimum atomic E-state index is -4.53. The Bertz CT molecular complexity index is 1560. The molecule has 15 heteroatoms. The second kappa shape index (κ2) is 11.5. The van der Waals surface area contributed by atoms with Gasteiger partial charge in [-0.05, 0) is 38.3 Å². The summed E-state index contributed by atoms with van der Waals surface area (Å²) < 4.78 is 68.1. The average Bonchev–Trinajstić information content (AvgIpc) is 3.46. The van der Waals surface area contributed by atoms with E-state index >= 15 is 0 Å². The minimum Gasteiger partial charge on any atom is -0.504 e. The van der Waals surface area contributed by atoms with Gasteiger partial charge in [0.05, 0.1) is 18.3 Å². The highest BCUT2D eigenvalue weighted by Gasteiger charge is 2.42. The van der Waals surface area contributed by atoms with E-state index < -0.39 is 48.1 Å². The Labute approximate surface area is 239 Å². The van der Waals surface area contributed by atoms with Crippen molar-refractivity contribution in [2.45, 2.75) is 65.6 Å². The minimum absolute atomic E-state index is 0.0461. The zero-order chi connectivity index (χ0) is 30.2.